The van der Waals surface area contributed by atoms with Gasteiger partial charge in [0.15, 0.2) is 5.69 Å². The maximum atomic E-state index is 13.5. The van der Waals surface area contributed by atoms with Gasteiger partial charge in [0.1, 0.15) is 23.3 Å². The van der Waals surface area contributed by atoms with E-state index >= 15 is 0 Å². The number of fused-ring (bicyclic) bond motifs is 1. The van der Waals surface area contributed by atoms with E-state index in [1.54, 1.807) is 55.0 Å². The highest BCUT2D eigenvalue weighted by Crippen LogP contribution is 2.30. The first kappa shape index (κ1) is 22.4. The second-order valence-corrected chi connectivity index (χ2v) is 8.59. The minimum absolute atomic E-state index is 0.0791. The minimum atomic E-state index is -1.16. The molecule has 176 valence electrons. The summed E-state index contributed by atoms with van der Waals surface area (Å²) in [5.41, 5.74) is 2.74. The summed E-state index contributed by atoms with van der Waals surface area (Å²) in [7, 11) is 0. The molecule has 10 heteroatoms. The van der Waals surface area contributed by atoms with Crippen LogP contribution in [-0.4, -0.2) is 35.4 Å². The summed E-state index contributed by atoms with van der Waals surface area (Å²) in [4.78, 5) is 30.2. The molecule has 0 radical (unpaired) electrons. The molecule has 5 rings (SSSR count). The molecule has 0 aliphatic heterocycles. The molecule has 0 aliphatic rings. The van der Waals surface area contributed by atoms with E-state index in [0.29, 0.717) is 39.7 Å². The molecule has 5 aromatic rings. The van der Waals surface area contributed by atoms with Crippen LogP contribution in [-0.2, 0) is 5.60 Å². The van der Waals surface area contributed by atoms with Crippen molar-refractivity contribution in [3.8, 4) is 22.7 Å². The molecule has 0 saturated heterocycles. The zero-order valence-electron chi connectivity index (χ0n) is 19.2. The number of halogens is 1. The topological polar surface area (TPSA) is 118 Å². The van der Waals surface area contributed by atoms with E-state index in [1.807, 2.05) is 6.92 Å². The van der Waals surface area contributed by atoms with Gasteiger partial charge < -0.3 is 19.2 Å². The lowest BCUT2D eigenvalue weighted by atomic mass is 10.1. The molecule has 0 fully saturated rings. The van der Waals surface area contributed by atoms with Crippen LogP contribution in [0.3, 0.4) is 0 Å². The number of carbonyl (C=O) groups excluding carboxylic acids is 1. The highest BCUT2D eigenvalue weighted by Gasteiger charge is 2.22. The zero-order chi connectivity index (χ0) is 24.7. The molecule has 2 N–H and O–H groups in total. The van der Waals surface area contributed by atoms with Gasteiger partial charge in [-0.2, -0.15) is 0 Å². The number of nitrogens with one attached hydrogen (secondary N) is 1. The number of hydrogen-bond donors (Lipinski definition) is 2. The Balaban J connectivity index is 1.53. The summed E-state index contributed by atoms with van der Waals surface area (Å²) in [5.74, 6) is -0.690. The predicted octanol–water partition coefficient (Wildman–Crippen LogP) is 4.37. The van der Waals surface area contributed by atoms with Gasteiger partial charge in [-0.05, 0) is 51.1 Å². The highest BCUT2D eigenvalue weighted by molar-refractivity contribution is 6.05. The first-order valence-corrected chi connectivity index (χ1v) is 10.7. The van der Waals surface area contributed by atoms with Gasteiger partial charge in [-0.25, -0.2) is 14.4 Å². The molecule has 5 heterocycles. The SMILES string of the molecule is Cc1cc(-c2nc(C(=O)Nc3cn4cc(C(C)(C)O)nc4cc3-c3ccc(F)cn3)co2)ccn1. The average molecular weight is 472 g/mol. The molecule has 35 heavy (non-hydrogen) atoms. The molecule has 0 aromatic carbocycles. The van der Waals surface area contributed by atoms with Gasteiger partial charge in [0.05, 0.1) is 23.3 Å². The van der Waals surface area contributed by atoms with Gasteiger partial charge in [0.25, 0.3) is 5.91 Å². The summed E-state index contributed by atoms with van der Waals surface area (Å²) in [6.07, 6.45) is 7.34. The lowest BCUT2D eigenvalue weighted by molar-refractivity contribution is 0.0744. The van der Waals surface area contributed by atoms with Gasteiger partial charge in [0, 0.05) is 35.4 Å². The molecule has 0 saturated carbocycles. The van der Waals surface area contributed by atoms with E-state index < -0.39 is 17.3 Å². The average Bonchev–Trinajstić information content (AvgIpc) is 3.46. The Morgan fingerprint density at radius 2 is 1.97 bits per heavy atom. The minimum Gasteiger partial charge on any atom is -0.444 e. The number of hydrogen-bond acceptors (Lipinski definition) is 7. The summed E-state index contributed by atoms with van der Waals surface area (Å²) < 4.78 is 20.7. The first-order valence-electron chi connectivity index (χ1n) is 10.7. The fourth-order valence-corrected chi connectivity index (χ4v) is 3.55. The maximum absolute atomic E-state index is 13.5. The van der Waals surface area contributed by atoms with Gasteiger partial charge in [0.2, 0.25) is 5.89 Å². The van der Waals surface area contributed by atoms with Gasteiger partial charge in [-0.3, -0.25) is 14.8 Å². The van der Waals surface area contributed by atoms with E-state index in [1.165, 1.54) is 18.4 Å². The van der Waals surface area contributed by atoms with Crippen LogP contribution in [0.2, 0.25) is 0 Å². The number of amides is 1. The van der Waals surface area contributed by atoms with Crippen LogP contribution < -0.4 is 5.32 Å². The fraction of sp³-hybridized carbons (Fsp3) is 0.160. The lowest BCUT2D eigenvalue weighted by Crippen LogP contribution is -2.15. The third-order valence-electron chi connectivity index (χ3n) is 5.35. The summed E-state index contributed by atoms with van der Waals surface area (Å²) >= 11 is 0. The van der Waals surface area contributed by atoms with Crippen molar-refractivity contribution in [1.82, 2.24) is 24.3 Å². The van der Waals surface area contributed by atoms with E-state index in [-0.39, 0.29) is 5.69 Å². The zero-order valence-corrected chi connectivity index (χ0v) is 19.2. The number of aromatic nitrogens is 5. The number of imidazole rings is 1. The molecule has 0 bridgehead atoms. The molecular weight excluding hydrogens is 451 g/mol. The van der Waals surface area contributed by atoms with E-state index in [0.717, 1.165) is 11.9 Å². The molecule has 0 atom stereocenters. The number of pyridine rings is 3. The summed E-state index contributed by atoms with van der Waals surface area (Å²) in [6.45, 7) is 5.11. The van der Waals surface area contributed by atoms with Crippen molar-refractivity contribution in [2.24, 2.45) is 0 Å². The molecular formula is C25H21FN6O3. The van der Waals surface area contributed by atoms with Crippen molar-refractivity contribution >= 4 is 17.2 Å². The standard InChI is InChI=1S/C25H21FN6O3/c1-14-8-15(6-7-27-14)24-30-20(13-35-24)23(33)29-19-11-32-12-21(25(2,3)34)31-22(32)9-17(19)18-5-4-16(26)10-28-18/h4-13,34H,1-3H3,(H,29,33). The number of aliphatic hydroxyl groups is 1. The van der Waals surface area contributed by atoms with Gasteiger partial charge in [-0.15, -0.1) is 0 Å². The van der Waals surface area contributed by atoms with Crippen molar-refractivity contribution < 1.29 is 18.7 Å². The second kappa shape index (κ2) is 8.41. The maximum Gasteiger partial charge on any atom is 0.277 e. The van der Waals surface area contributed by atoms with Crippen LogP contribution in [0, 0.1) is 12.7 Å². The molecule has 0 aliphatic carbocycles. The molecule has 0 spiro atoms. The number of carbonyl (C=O) groups is 1. The molecule has 9 nitrogen and oxygen atoms in total. The Morgan fingerprint density at radius 3 is 2.69 bits per heavy atom. The Kier molecular flexibility index (Phi) is 5.37. The monoisotopic (exact) mass is 472 g/mol. The Hall–Kier alpha value is -4.44. The van der Waals surface area contributed by atoms with Crippen LogP contribution in [0.15, 0.2) is 65.8 Å². The largest absolute Gasteiger partial charge is 0.444 e. The normalized spacial score (nSPS) is 11.7. The number of aryl methyl sites for hydroxylation is 1. The van der Waals surface area contributed by atoms with Crippen molar-refractivity contribution in [3.63, 3.8) is 0 Å². The number of nitrogens with zero attached hydrogens (tertiary/aromatic N) is 5. The van der Waals surface area contributed by atoms with Gasteiger partial charge in [-0.1, -0.05) is 0 Å². The number of anilines is 1. The molecule has 0 unspecified atom stereocenters. The van der Waals surface area contributed by atoms with Crippen LogP contribution in [0.5, 0.6) is 0 Å². The second-order valence-electron chi connectivity index (χ2n) is 8.59. The van der Waals surface area contributed by atoms with Crippen LogP contribution in [0.1, 0.15) is 35.7 Å². The van der Waals surface area contributed by atoms with E-state index in [4.69, 9.17) is 4.42 Å². The Bertz CT molecular complexity index is 1550. The first-order chi connectivity index (χ1) is 16.7. The smallest absolute Gasteiger partial charge is 0.277 e. The van der Waals surface area contributed by atoms with Crippen LogP contribution in [0.25, 0.3) is 28.4 Å². The molecule has 1 amide bonds. The van der Waals surface area contributed by atoms with E-state index in [9.17, 15) is 14.3 Å². The van der Waals surface area contributed by atoms with Crippen molar-refractivity contribution in [3.05, 3.63) is 84.3 Å². The van der Waals surface area contributed by atoms with Crippen LogP contribution in [0.4, 0.5) is 10.1 Å². The Morgan fingerprint density at radius 1 is 1.14 bits per heavy atom. The van der Waals surface area contributed by atoms with Crippen molar-refractivity contribution in [2.75, 3.05) is 5.32 Å². The Labute approximate surface area is 199 Å². The number of rotatable bonds is 5. The van der Waals surface area contributed by atoms with Crippen LogP contribution >= 0.6 is 0 Å². The third kappa shape index (κ3) is 4.51. The van der Waals surface area contributed by atoms with E-state index in [2.05, 4.69) is 25.3 Å². The quantitative estimate of drug-likeness (QED) is 0.390. The third-order valence-corrected chi connectivity index (χ3v) is 5.35. The van der Waals surface area contributed by atoms with Crippen molar-refractivity contribution in [2.45, 2.75) is 26.4 Å². The highest BCUT2D eigenvalue weighted by atomic mass is 19.1. The van der Waals surface area contributed by atoms with Gasteiger partial charge >= 0.3 is 0 Å². The van der Waals surface area contributed by atoms with Crippen molar-refractivity contribution in [1.29, 1.82) is 0 Å². The predicted molar refractivity (Wildman–Crippen MR) is 126 cm³/mol. The lowest BCUT2D eigenvalue weighted by Gasteiger charge is -2.12. The summed E-state index contributed by atoms with van der Waals surface area (Å²) in [5, 5.41) is 13.2. The fourth-order valence-electron chi connectivity index (χ4n) is 3.55. The molecule has 5 aromatic heterocycles. The summed E-state index contributed by atoms with van der Waals surface area (Å²) in [6, 6.07) is 8.05. The number of oxazole rings is 1.